The Balaban J connectivity index is 2.33. The van der Waals surface area contributed by atoms with E-state index in [-0.39, 0.29) is 0 Å². The molecule has 5 heteroatoms. The summed E-state index contributed by atoms with van der Waals surface area (Å²) in [6, 6.07) is 11.3. The Kier molecular flexibility index (Phi) is 3.03. The van der Waals surface area contributed by atoms with Gasteiger partial charge in [-0.1, -0.05) is 17.7 Å². The van der Waals surface area contributed by atoms with E-state index in [1.54, 1.807) is 13.2 Å². The maximum absolute atomic E-state index is 6.25. The van der Waals surface area contributed by atoms with Gasteiger partial charge in [-0.3, -0.25) is 4.40 Å². The van der Waals surface area contributed by atoms with E-state index in [1.165, 1.54) is 0 Å². The molecule has 0 spiro atoms. The van der Waals surface area contributed by atoms with E-state index >= 15 is 0 Å². The van der Waals surface area contributed by atoms with Crippen molar-refractivity contribution in [1.82, 2.24) is 9.38 Å². The Bertz CT molecular complexity index is 795. The molecule has 0 saturated carbocycles. The first-order valence-electron chi connectivity index (χ1n) is 6.19. The molecule has 0 radical (unpaired) electrons. The Morgan fingerprint density at radius 2 is 2.05 bits per heavy atom. The van der Waals surface area contributed by atoms with Crippen LogP contribution in [0.1, 0.15) is 5.69 Å². The Morgan fingerprint density at radius 1 is 1.25 bits per heavy atom. The second kappa shape index (κ2) is 4.72. The topological polar surface area (TPSA) is 52.5 Å². The molecule has 102 valence electrons. The molecule has 0 aliphatic heterocycles. The molecule has 2 N–H and O–H groups in total. The van der Waals surface area contributed by atoms with Crippen molar-refractivity contribution >= 4 is 23.1 Å². The largest absolute Gasteiger partial charge is 0.496 e. The van der Waals surface area contributed by atoms with E-state index < -0.39 is 0 Å². The molecule has 3 aromatic rings. The summed E-state index contributed by atoms with van der Waals surface area (Å²) in [5.41, 5.74) is 9.55. The molecule has 20 heavy (non-hydrogen) atoms. The van der Waals surface area contributed by atoms with Crippen molar-refractivity contribution in [3.05, 3.63) is 47.1 Å². The number of hydrogen-bond donors (Lipinski definition) is 1. The normalized spacial score (nSPS) is 10.9. The van der Waals surface area contributed by atoms with Gasteiger partial charge in [0, 0.05) is 16.3 Å². The molecule has 0 fully saturated rings. The maximum atomic E-state index is 6.25. The number of fused-ring (bicyclic) bond motifs is 1. The number of anilines is 1. The molecule has 0 atom stereocenters. The number of aromatic nitrogens is 2. The number of rotatable bonds is 2. The molecular formula is C15H14ClN3O. The quantitative estimate of drug-likeness (QED) is 0.784. The maximum Gasteiger partial charge on any atom is 0.139 e. The first kappa shape index (κ1) is 12.8. The lowest BCUT2D eigenvalue weighted by Crippen LogP contribution is -1.98. The minimum atomic E-state index is 0.582. The van der Waals surface area contributed by atoms with Gasteiger partial charge in [0.25, 0.3) is 0 Å². The Labute approximate surface area is 121 Å². The van der Waals surface area contributed by atoms with Crippen LogP contribution >= 0.6 is 11.6 Å². The van der Waals surface area contributed by atoms with Gasteiger partial charge in [-0.05, 0) is 37.3 Å². The number of pyridine rings is 1. The van der Waals surface area contributed by atoms with E-state index in [1.807, 2.05) is 41.7 Å². The van der Waals surface area contributed by atoms with Crippen LogP contribution in [0.4, 0.5) is 5.82 Å². The minimum absolute atomic E-state index is 0.582. The van der Waals surface area contributed by atoms with Gasteiger partial charge < -0.3 is 10.5 Å². The molecule has 0 aliphatic carbocycles. The second-order valence-corrected chi connectivity index (χ2v) is 4.99. The van der Waals surface area contributed by atoms with Crippen molar-refractivity contribution in [3.63, 3.8) is 0 Å². The van der Waals surface area contributed by atoms with Gasteiger partial charge in [0.2, 0.25) is 0 Å². The first-order valence-corrected chi connectivity index (χ1v) is 6.57. The van der Waals surface area contributed by atoms with E-state index in [9.17, 15) is 0 Å². The van der Waals surface area contributed by atoms with Crippen LogP contribution in [-0.4, -0.2) is 16.5 Å². The summed E-state index contributed by atoms with van der Waals surface area (Å²) in [5.74, 6) is 1.28. The second-order valence-electron chi connectivity index (χ2n) is 4.55. The fourth-order valence-corrected chi connectivity index (χ4v) is 2.52. The molecule has 2 heterocycles. The van der Waals surface area contributed by atoms with Crippen molar-refractivity contribution in [2.45, 2.75) is 6.92 Å². The molecule has 3 rings (SSSR count). The van der Waals surface area contributed by atoms with Crippen LogP contribution in [0.5, 0.6) is 5.75 Å². The lowest BCUT2D eigenvalue weighted by atomic mass is 10.1. The van der Waals surface area contributed by atoms with Crippen LogP contribution in [0.25, 0.3) is 16.9 Å². The van der Waals surface area contributed by atoms with Gasteiger partial charge in [-0.25, -0.2) is 4.98 Å². The standard InChI is InChI=1S/C15H14ClN3O/c1-9-4-3-5-13-18-14(15(17)19(9)13)11-8-10(16)6-7-12(11)20-2/h3-8H,17H2,1-2H3. The van der Waals surface area contributed by atoms with Gasteiger partial charge in [-0.15, -0.1) is 0 Å². The van der Waals surface area contributed by atoms with Crippen LogP contribution in [0.2, 0.25) is 5.02 Å². The van der Waals surface area contributed by atoms with Gasteiger partial charge in [0.05, 0.1) is 7.11 Å². The van der Waals surface area contributed by atoms with Crippen LogP contribution in [0, 0.1) is 6.92 Å². The van der Waals surface area contributed by atoms with Crippen molar-refractivity contribution in [1.29, 1.82) is 0 Å². The number of methoxy groups -OCH3 is 1. The smallest absolute Gasteiger partial charge is 0.139 e. The summed E-state index contributed by atoms with van der Waals surface area (Å²) < 4.78 is 7.28. The van der Waals surface area contributed by atoms with Gasteiger partial charge in [-0.2, -0.15) is 0 Å². The van der Waals surface area contributed by atoms with Crippen molar-refractivity contribution in [3.8, 4) is 17.0 Å². The van der Waals surface area contributed by atoms with Crippen LogP contribution < -0.4 is 10.5 Å². The minimum Gasteiger partial charge on any atom is -0.496 e. The number of imidazole rings is 1. The first-order chi connectivity index (χ1) is 9.61. The van der Waals surface area contributed by atoms with Crippen LogP contribution in [0.3, 0.4) is 0 Å². The fraction of sp³-hybridized carbons (Fsp3) is 0.133. The molecule has 0 amide bonds. The van der Waals surface area contributed by atoms with Gasteiger partial charge >= 0.3 is 0 Å². The molecule has 0 bridgehead atoms. The molecular weight excluding hydrogens is 274 g/mol. The molecule has 0 saturated heterocycles. The van der Waals surface area contributed by atoms with E-state index in [0.29, 0.717) is 22.3 Å². The van der Waals surface area contributed by atoms with Crippen LogP contribution in [0.15, 0.2) is 36.4 Å². The number of benzene rings is 1. The number of halogens is 1. The Hall–Kier alpha value is -2.20. The summed E-state index contributed by atoms with van der Waals surface area (Å²) >= 11 is 6.08. The highest BCUT2D eigenvalue weighted by Gasteiger charge is 2.16. The third-order valence-corrected chi connectivity index (χ3v) is 3.53. The summed E-state index contributed by atoms with van der Waals surface area (Å²) in [6.45, 7) is 1.99. The number of aryl methyl sites for hydroxylation is 1. The third kappa shape index (κ3) is 1.89. The molecule has 0 unspecified atom stereocenters. The highest BCUT2D eigenvalue weighted by atomic mass is 35.5. The summed E-state index contributed by atoms with van der Waals surface area (Å²) in [7, 11) is 1.62. The van der Waals surface area contributed by atoms with Crippen LogP contribution in [-0.2, 0) is 0 Å². The fourth-order valence-electron chi connectivity index (χ4n) is 2.35. The average molecular weight is 288 g/mol. The van der Waals surface area contributed by atoms with Crippen molar-refractivity contribution in [2.24, 2.45) is 0 Å². The predicted octanol–water partition coefficient (Wildman–Crippen LogP) is 3.55. The molecule has 2 aromatic heterocycles. The summed E-state index contributed by atoms with van der Waals surface area (Å²) in [4.78, 5) is 4.59. The average Bonchev–Trinajstić information content (AvgIpc) is 2.77. The zero-order chi connectivity index (χ0) is 14.3. The van der Waals surface area contributed by atoms with Crippen molar-refractivity contribution in [2.75, 3.05) is 12.8 Å². The molecule has 1 aromatic carbocycles. The zero-order valence-electron chi connectivity index (χ0n) is 11.2. The zero-order valence-corrected chi connectivity index (χ0v) is 12.0. The molecule has 4 nitrogen and oxygen atoms in total. The SMILES string of the molecule is COc1ccc(Cl)cc1-c1nc2cccc(C)n2c1N. The predicted molar refractivity (Wildman–Crippen MR) is 81.3 cm³/mol. The van der Waals surface area contributed by atoms with Crippen molar-refractivity contribution < 1.29 is 4.74 Å². The van der Waals surface area contributed by atoms with E-state index in [4.69, 9.17) is 22.1 Å². The Morgan fingerprint density at radius 3 is 2.75 bits per heavy atom. The van der Waals surface area contributed by atoms with Gasteiger partial charge in [0.1, 0.15) is 22.9 Å². The number of nitrogens with zero attached hydrogens (tertiary/aromatic N) is 2. The monoisotopic (exact) mass is 287 g/mol. The van der Waals surface area contributed by atoms with E-state index in [2.05, 4.69) is 4.98 Å². The van der Waals surface area contributed by atoms with E-state index in [0.717, 1.165) is 16.9 Å². The number of ether oxygens (including phenoxy) is 1. The highest BCUT2D eigenvalue weighted by Crippen LogP contribution is 2.35. The third-order valence-electron chi connectivity index (χ3n) is 3.29. The molecule has 0 aliphatic rings. The highest BCUT2D eigenvalue weighted by molar-refractivity contribution is 6.31. The number of nitrogen functional groups attached to an aromatic ring is 1. The van der Waals surface area contributed by atoms with Gasteiger partial charge in [0.15, 0.2) is 0 Å². The lowest BCUT2D eigenvalue weighted by Gasteiger charge is -2.07. The lowest BCUT2D eigenvalue weighted by molar-refractivity contribution is 0.416. The number of hydrogen-bond acceptors (Lipinski definition) is 3. The number of nitrogens with two attached hydrogens (primary N) is 1. The summed E-state index contributed by atoms with van der Waals surface area (Å²) in [5, 5.41) is 0.619. The summed E-state index contributed by atoms with van der Waals surface area (Å²) in [6.07, 6.45) is 0.